The molecule has 0 saturated carbocycles. The van der Waals surface area contributed by atoms with Crippen LogP contribution in [0.2, 0.25) is 0 Å². The molecule has 0 aliphatic heterocycles. The number of hydrogen-bond donors (Lipinski definition) is 0. The third-order valence-electron chi connectivity index (χ3n) is 1.25. The molecule has 1 nitrogen and oxygen atoms in total. The third kappa shape index (κ3) is 1.41. The minimum atomic E-state index is -2.26. The van der Waals surface area contributed by atoms with Crippen LogP contribution in [0.1, 0.15) is 0 Å². The van der Waals surface area contributed by atoms with E-state index in [1.54, 1.807) is 0 Å². The van der Waals surface area contributed by atoms with Gasteiger partial charge in [0.05, 0.1) is 0 Å². The highest BCUT2D eigenvalue weighted by Crippen LogP contribution is 2.29. The minimum Gasteiger partial charge on any atom is -0.379 e. The Bertz CT molecular complexity index is 324. The molecule has 0 N–H and O–H groups in total. The Balaban J connectivity index is 3.56. The van der Waals surface area contributed by atoms with Crippen molar-refractivity contribution in [1.29, 1.82) is 0 Å². The van der Waals surface area contributed by atoms with E-state index < -0.39 is 34.8 Å². The van der Waals surface area contributed by atoms with Crippen LogP contribution < -0.4 is 4.29 Å². The van der Waals surface area contributed by atoms with Crippen LogP contribution in [0, 0.1) is 29.1 Å². The van der Waals surface area contributed by atoms with Crippen LogP contribution in [0.3, 0.4) is 0 Å². The van der Waals surface area contributed by atoms with Gasteiger partial charge in [-0.3, -0.25) is 0 Å². The van der Waals surface area contributed by atoms with E-state index in [0.717, 1.165) is 0 Å². The molecular formula is C6ClF5O. The monoisotopic (exact) mass is 218 g/mol. The minimum absolute atomic E-state index is 1.52. The summed E-state index contributed by atoms with van der Waals surface area (Å²) in [5.41, 5.74) is 0. The van der Waals surface area contributed by atoms with Crippen molar-refractivity contribution in [2.45, 2.75) is 0 Å². The molecule has 1 rings (SSSR count). The van der Waals surface area contributed by atoms with Crippen LogP contribution in [-0.2, 0) is 0 Å². The van der Waals surface area contributed by atoms with Crippen LogP contribution in [0.25, 0.3) is 0 Å². The van der Waals surface area contributed by atoms with E-state index in [1.165, 1.54) is 0 Å². The Hall–Kier alpha value is -1.04. The van der Waals surface area contributed by atoms with E-state index in [0.29, 0.717) is 0 Å². The largest absolute Gasteiger partial charge is 0.379 e. The summed E-state index contributed by atoms with van der Waals surface area (Å²) in [6, 6.07) is 0. The summed E-state index contributed by atoms with van der Waals surface area (Å²) in [6.45, 7) is 0. The first-order valence-corrected chi connectivity index (χ1v) is 3.11. The molecule has 0 bridgehead atoms. The molecule has 1 aromatic rings. The van der Waals surface area contributed by atoms with Crippen molar-refractivity contribution in [3.05, 3.63) is 29.1 Å². The molecule has 0 aromatic heterocycles. The molecule has 0 spiro atoms. The SMILES string of the molecule is Fc1c(F)c(F)c(OCl)c(F)c1F. The summed E-state index contributed by atoms with van der Waals surface area (Å²) in [5, 5.41) is 0. The fraction of sp³-hybridized carbons (Fsp3) is 0. The predicted molar refractivity (Wildman–Crippen MR) is 32.7 cm³/mol. The molecule has 13 heavy (non-hydrogen) atoms. The van der Waals surface area contributed by atoms with Crippen LogP contribution >= 0.6 is 11.9 Å². The summed E-state index contributed by atoms with van der Waals surface area (Å²) in [7, 11) is 0. The molecule has 1 aromatic carbocycles. The Morgan fingerprint density at radius 1 is 0.692 bits per heavy atom. The smallest absolute Gasteiger partial charge is 0.223 e. The predicted octanol–water partition coefficient (Wildman–Crippen LogP) is 2.91. The Morgan fingerprint density at radius 2 is 1.00 bits per heavy atom. The zero-order valence-electron chi connectivity index (χ0n) is 5.68. The average molecular weight is 219 g/mol. The van der Waals surface area contributed by atoms with Gasteiger partial charge in [0.25, 0.3) is 0 Å². The van der Waals surface area contributed by atoms with Crippen LogP contribution in [0.4, 0.5) is 22.0 Å². The fourth-order valence-electron chi connectivity index (χ4n) is 0.652. The van der Waals surface area contributed by atoms with Gasteiger partial charge in [-0.15, -0.1) is 0 Å². The highest BCUT2D eigenvalue weighted by molar-refractivity contribution is 6.09. The first-order chi connectivity index (χ1) is 6.00. The fourth-order valence-corrected chi connectivity index (χ4v) is 0.788. The van der Waals surface area contributed by atoms with Crippen molar-refractivity contribution in [1.82, 2.24) is 0 Å². The first-order valence-electron chi connectivity index (χ1n) is 2.80. The lowest BCUT2D eigenvalue weighted by molar-refractivity contribution is 0.353. The lowest BCUT2D eigenvalue weighted by Crippen LogP contribution is -2.02. The van der Waals surface area contributed by atoms with Crippen molar-refractivity contribution >= 4 is 11.9 Å². The molecule has 0 atom stereocenters. The third-order valence-corrected chi connectivity index (χ3v) is 1.40. The van der Waals surface area contributed by atoms with Crippen molar-refractivity contribution in [2.24, 2.45) is 0 Å². The van der Waals surface area contributed by atoms with Gasteiger partial charge in [0.2, 0.25) is 34.8 Å². The molecule has 0 unspecified atom stereocenters. The van der Waals surface area contributed by atoms with E-state index in [-0.39, 0.29) is 0 Å². The quantitative estimate of drug-likeness (QED) is 0.400. The second kappa shape index (κ2) is 3.37. The Morgan fingerprint density at radius 3 is 1.31 bits per heavy atom. The van der Waals surface area contributed by atoms with Crippen LogP contribution in [-0.4, -0.2) is 0 Å². The number of benzene rings is 1. The van der Waals surface area contributed by atoms with E-state index in [4.69, 9.17) is 0 Å². The maximum absolute atomic E-state index is 12.5. The standard InChI is InChI=1S/C6ClF5O/c7-13-6-4(11)2(9)1(8)3(10)5(6)12. The summed E-state index contributed by atoms with van der Waals surface area (Å²) < 4.78 is 65.3. The lowest BCUT2D eigenvalue weighted by atomic mass is 10.3. The zero-order valence-corrected chi connectivity index (χ0v) is 6.43. The van der Waals surface area contributed by atoms with E-state index in [9.17, 15) is 22.0 Å². The maximum Gasteiger partial charge on any atom is 0.223 e. The second-order valence-electron chi connectivity index (χ2n) is 1.98. The topological polar surface area (TPSA) is 9.23 Å². The summed E-state index contributed by atoms with van der Waals surface area (Å²) in [6.07, 6.45) is 0. The Labute approximate surface area is 73.8 Å². The van der Waals surface area contributed by atoms with Crippen LogP contribution in [0.5, 0.6) is 5.75 Å². The molecular weight excluding hydrogens is 219 g/mol. The van der Waals surface area contributed by atoms with Gasteiger partial charge in [-0.2, -0.15) is 8.78 Å². The van der Waals surface area contributed by atoms with Gasteiger partial charge in [0, 0.05) is 0 Å². The molecule has 72 valence electrons. The van der Waals surface area contributed by atoms with Crippen molar-refractivity contribution in [3.63, 3.8) is 0 Å². The average Bonchev–Trinajstić information content (AvgIpc) is 2.13. The van der Waals surface area contributed by atoms with Gasteiger partial charge in [-0.05, 0) is 0 Å². The summed E-state index contributed by atoms with van der Waals surface area (Å²) >= 11 is 4.50. The van der Waals surface area contributed by atoms with Gasteiger partial charge < -0.3 is 4.29 Å². The lowest BCUT2D eigenvalue weighted by Gasteiger charge is -2.03. The molecule has 0 heterocycles. The molecule has 0 fully saturated rings. The molecule has 0 saturated heterocycles. The van der Waals surface area contributed by atoms with E-state index in [1.807, 2.05) is 0 Å². The van der Waals surface area contributed by atoms with Gasteiger partial charge in [-0.25, -0.2) is 13.2 Å². The van der Waals surface area contributed by atoms with Gasteiger partial charge >= 0.3 is 0 Å². The molecule has 0 aliphatic carbocycles. The molecule has 0 aliphatic rings. The van der Waals surface area contributed by atoms with Crippen LogP contribution in [0.15, 0.2) is 0 Å². The highest BCUT2D eigenvalue weighted by atomic mass is 35.5. The van der Waals surface area contributed by atoms with Crippen molar-refractivity contribution in [3.8, 4) is 5.75 Å². The number of rotatable bonds is 1. The summed E-state index contributed by atoms with van der Waals surface area (Å²) in [4.78, 5) is 0. The number of halogens is 6. The maximum atomic E-state index is 12.5. The number of hydrogen-bond acceptors (Lipinski definition) is 1. The van der Waals surface area contributed by atoms with E-state index in [2.05, 4.69) is 16.2 Å². The normalized spacial score (nSPS) is 10.3. The van der Waals surface area contributed by atoms with Crippen molar-refractivity contribution in [2.75, 3.05) is 0 Å². The Kier molecular flexibility index (Phi) is 2.60. The van der Waals surface area contributed by atoms with Crippen molar-refractivity contribution < 1.29 is 26.2 Å². The van der Waals surface area contributed by atoms with Gasteiger partial charge in [0.1, 0.15) is 11.9 Å². The van der Waals surface area contributed by atoms with Gasteiger partial charge in [0.15, 0.2) is 0 Å². The molecule has 0 amide bonds. The molecule has 7 heteroatoms. The summed E-state index contributed by atoms with van der Waals surface area (Å²) in [5.74, 6) is -12.2. The zero-order chi connectivity index (χ0) is 10.2. The van der Waals surface area contributed by atoms with Gasteiger partial charge in [-0.1, -0.05) is 0 Å². The van der Waals surface area contributed by atoms with E-state index >= 15 is 0 Å². The first kappa shape index (κ1) is 10.0. The highest BCUT2D eigenvalue weighted by Gasteiger charge is 2.26. The molecule has 0 radical (unpaired) electrons. The second-order valence-corrected chi connectivity index (χ2v) is 2.13.